The molecule has 0 fully saturated rings. The molecular formula is C20H24N2O4. The molecule has 0 bridgehead atoms. The van der Waals surface area contributed by atoms with Gasteiger partial charge in [0.15, 0.2) is 11.5 Å². The molecule has 138 valence electrons. The summed E-state index contributed by atoms with van der Waals surface area (Å²) in [5.74, 6) is 0.0119. The van der Waals surface area contributed by atoms with Crippen molar-refractivity contribution in [2.45, 2.75) is 20.0 Å². The summed E-state index contributed by atoms with van der Waals surface area (Å²) < 4.78 is 10.4. The van der Waals surface area contributed by atoms with Gasteiger partial charge in [-0.25, -0.2) is 0 Å². The van der Waals surface area contributed by atoms with Crippen LogP contribution in [0.2, 0.25) is 0 Å². The minimum absolute atomic E-state index is 0.230. The maximum absolute atomic E-state index is 12.4. The van der Waals surface area contributed by atoms with Crippen molar-refractivity contribution in [3.63, 3.8) is 0 Å². The Morgan fingerprint density at radius 2 is 1.65 bits per heavy atom. The summed E-state index contributed by atoms with van der Waals surface area (Å²) in [6.45, 7) is 2.94. The topological polar surface area (TPSA) is 67.9 Å². The fourth-order valence-electron chi connectivity index (χ4n) is 2.52. The van der Waals surface area contributed by atoms with Crippen LogP contribution in [0.25, 0.3) is 0 Å². The average molecular weight is 356 g/mol. The molecule has 0 aromatic heterocycles. The second-order valence-corrected chi connectivity index (χ2v) is 5.68. The average Bonchev–Trinajstić information content (AvgIpc) is 2.70. The van der Waals surface area contributed by atoms with E-state index in [1.807, 2.05) is 43.3 Å². The summed E-state index contributed by atoms with van der Waals surface area (Å²) in [6, 6.07) is 14.9. The van der Waals surface area contributed by atoms with Gasteiger partial charge < -0.3 is 19.7 Å². The largest absolute Gasteiger partial charge is 0.493 e. The van der Waals surface area contributed by atoms with Gasteiger partial charge in [-0.1, -0.05) is 36.4 Å². The van der Waals surface area contributed by atoms with E-state index in [2.05, 4.69) is 5.32 Å². The molecule has 26 heavy (non-hydrogen) atoms. The fourth-order valence-corrected chi connectivity index (χ4v) is 2.52. The van der Waals surface area contributed by atoms with Gasteiger partial charge in [0.1, 0.15) is 0 Å². The number of benzene rings is 2. The number of carbonyl (C=O) groups is 2. The highest BCUT2D eigenvalue weighted by molar-refractivity contribution is 6.34. The number of amides is 2. The smallest absolute Gasteiger partial charge is 0.312 e. The van der Waals surface area contributed by atoms with E-state index in [1.165, 1.54) is 4.90 Å². The van der Waals surface area contributed by atoms with Crippen molar-refractivity contribution < 1.29 is 19.1 Å². The van der Waals surface area contributed by atoms with Gasteiger partial charge in [0.2, 0.25) is 0 Å². The molecule has 0 saturated heterocycles. The number of rotatable bonds is 7. The van der Waals surface area contributed by atoms with Crippen LogP contribution < -0.4 is 14.8 Å². The first-order valence-electron chi connectivity index (χ1n) is 8.41. The van der Waals surface area contributed by atoms with Crippen LogP contribution in [-0.4, -0.2) is 37.5 Å². The number of nitrogens with one attached hydrogen (secondary N) is 1. The van der Waals surface area contributed by atoms with Crippen LogP contribution in [0.5, 0.6) is 11.5 Å². The van der Waals surface area contributed by atoms with Gasteiger partial charge in [0.05, 0.1) is 14.2 Å². The third kappa shape index (κ3) is 4.99. The van der Waals surface area contributed by atoms with Crippen molar-refractivity contribution >= 4 is 11.8 Å². The van der Waals surface area contributed by atoms with Gasteiger partial charge in [0.25, 0.3) is 0 Å². The molecule has 6 nitrogen and oxygen atoms in total. The minimum Gasteiger partial charge on any atom is -0.493 e. The molecule has 2 aromatic carbocycles. The van der Waals surface area contributed by atoms with E-state index in [-0.39, 0.29) is 6.54 Å². The molecule has 1 N–H and O–H groups in total. The normalized spacial score (nSPS) is 10.1. The van der Waals surface area contributed by atoms with Gasteiger partial charge in [-0.05, 0) is 30.2 Å². The molecule has 0 unspecified atom stereocenters. The Labute approximate surface area is 153 Å². The molecule has 6 heteroatoms. The van der Waals surface area contributed by atoms with Crippen molar-refractivity contribution in [2.75, 3.05) is 20.8 Å². The monoisotopic (exact) mass is 356 g/mol. The van der Waals surface area contributed by atoms with Crippen LogP contribution in [0.4, 0.5) is 0 Å². The minimum atomic E-state index is -0.627. The summed E-state index contributed by atoms with van der Waals surface area (Å²) in [4.78, 5) is 26.1. The molecule has 2 rings (SSSR count). The van der Waals surface area contributed by atoms with Crippen LogP contribution in [-0.2, 0) is 22.7 Å². The van der Waals surface area contributed by atoms with Crippen LogP contribution in [0.3, 0.4) is 0 Å². The maximum atomic E-state index is 12.4. The Kier molecular flexibility index (Phi) is 7.02. The van der Waals surface area contributed by atoms with Crippen molar-refractivity contribution in [3.05, 3.63) is 59.7 Å². The predicted octanol–water partition coefficient (Wildman–Crippen LogP) is 2.37. The van der Waals surface area contributed by atoms with Gasteiger partial charge in [-0.15, -0.1) is 0 Å². The lowest BCUT2D eigenvalue weighted by Crippen LogP contribution is -2.42. The quantitative estimate of drug-likeness (QED) is 0.774. The molecule has 0 heterocycles. The summed E-state index contributed by atoms with van der Waals surface area (Å²) in [5.41, 5.74) is 1.80. The lowest BCUT2D eigenvalue weighted by Gasteiger charge is -2.20. The summed E-state index contributed by atoms with van der Waals surface area (Å²) >= 11 is 0. The summed E-state index contributed by atoms with van der Waals surface area (Å²) in [6.07, 6.45) is 0. The zero-order chi connectivity index (χ0) is 18.9. The third-order valence-electron chi connectivity index (χ3n) is 3.98. The highest BCUT2D eigenvalue weighted by atomic mass is 16.5. The van der Waals surface area contributed by atoms with E-state index in [0.29, 0.717) is 24.6 Å². The van der Waals surface area contributed by atoms with E-state index in [4.69, 9.17) is 9.47 Å². The first-order chi connectivity index (χ1) is 12.6. The van der Waals surface area contributed by atoms with E-state index in [0.717, 1.165) is 11.1 Å². The van der Waals surface area contributed by atoms with Crippen molar-refractivity contribution in [1.82, 2.24) is 10.2 Å². The SMILES string of the molecule is CCN(Cc1ccccc1)C(=O)C(=O)NCc1ccc(OC)c(OC)c1. The Morgan fingerprint density at radius 3 is 2.27 bits per heavy atom. The van der Waals surface area contributed by atoms with Crippen LogP contribution in [0.15, 0.2) is 48.5 Å². The van der Waals surface area contributed by atoms with Crippen molar-refractivity contribution in [3.8, 4) is 11.5 Å². The molecule has 0 aliphatic carbocycles. The number of likely N-dealkylation sites (N-methyl/N-ethyl adjacent to an activating group) is 1. The Bertz CT molecular complexity index is 747. The van der Waals surface area contributed by atoms with E-state index in [1.54, 1.807) is 26.4 Å². The first kappa shape index (κ1) is 19.3. The van der Waals surface area contributed by atoms with Crippen molar-refractivity contribution in [1.29, 1.82) is 0 Å². The Hall–Kier alpha value is -3.02. The predicted molar refractivity (Wildman–Crippen MR) is 98.9 cm³/mol. The molecule has 0 saturated carbocycles. The van der Waals surface area contributed by atoms with Gasteiger partial charge in [-0.2, -0.15) is 0 Å². The molecule has 0 aliphatic heterocycles. The van der Waals surface area contributed by atoms with Crippen LogP contribution in [0, 0.1) is 0 Å². The van der Waals surface area contributed by atoms with E-state index < -0.39 is 11.8 Å². The number of hydrogen-bond acceptors (Lipinski definition) is 4. The second kappa shape index (κ2) is 9.46. The number of hydrogen-bond donors (Lipinski definition) is 1. The van der Waals surface area contributed by atoms with Gasteiger partial charge in [-0.3, -0.25) is 9.59 Å². The van der Waals surface area contributed by atoms with Crippen LogP contribution >= 0.6 is 0 Å². The lowest BCUT2D eigenvalue weighted by molar-refractivity contribution is -0.146. The van der Waals surface area contributed by atoms with Gasteiger partial charge >= 0.3 is 11.8 Å². The fraction of sp³-hybridized carbons (Fsp3) is 0.300. The highest BCUT2D eigenvalue weighted by Gasteiger charge is 2.20. The molecule has 2 amide bonds. The lowest BCUT2D eigenvalue weighted by atomic mass is 10.2. The molecule has 0 atom stereocenters. The molecule has 0 radical (unpaired) electrons. The molecule has 0 aliphatic rings. The molecule has 0 spiro atoms. The highest BCUT2D eigenvalue weighted by Crippen LogP contribution is 2.27. The first-order valence-corrected chi connectivity index (χ1v) is 8.41. The zero-order valence-electron chi connectivity index (χ0n) is 15.3. The summed E-state index contributed by atoms with van der Waals surface area (Å²) in [5, 5.41) is 2.66. The van der Waals surface area contributed by atoms with Crippen molar-refractivity contribution in [2.24, 2.45) is 0 Å². The van der Waals surface area contributed by atoms with E-state index >= 15 is 0 Å². The Balaban J connectivity index is 1.96. The second-order valence-electron chi connectivity index (χ2n) is 5.68. The Morgan fingerprint density at radius 1 is 0.962 bits per heavy atom. The number of ether oxygens (including phenoxy) is 2. The molecular weight excluding hydrogens is 332 g/mol. The van der Waals surface area contributed by atoms with Crippen LogP contribution in [0.1, 0.15) is 18.1 Å². The number of nitrogens with zero attached hydrogens (tertiary/aromatic N) is 1. The maximum Gasteiger partial charge on any atom is 0.312 e. The van der Waals surface area contributed by atoms with E-state index in [9.17, 15) is 9.59 Å². The molecule has 2 aromatic rings. The summed E-state index contributed by atoms with van der Waals surface area (Å²) in [7, 11) is 3.11. The third-order valence-corrected chi connectivity index (χ3v) is 3.98. The van der Waals surface area contributed by atoms with Gasteiger partial charge in [0, 0.05) is 19.6 Å². The number of methoxy groups -OCH3 is 2. The zero-order valence-corrected chi connectivity index (χ0v) is 15.3. The number of carbonyl (C=O) groups excluding carboxylic acids is 2. The standard InChI is InChI=1S/C20H24N2O4/c1-4-22(14-15-8-6-5-7-9-15)20(24)19(23)21-13-16-10-11-17(25-2)18(12-16)26-3/h5-12H,4,13-14H2,1-3H3,(H,21,23).